The summed E-state index contributed by atoms with van der Waals surface area (Å²) in [5, 5.41) is 3.50. The second-order valence-corrected chi connectivity index (χ2v) is 4.34. The van der Waals surface area contributed by atoms with Crippen LogP contribution >= 0.6 is 0 Å². The molecule has 1 rings (SSSR count). The molecule has 0 heterocycles. The third-order valence-corrected chi connectivity index (χ3v) is 3.08. The topological polar surface area (TPSA) is 30.5 Å². The van der Waals surface area contributed by atoms with Gasteiger partial charge in [0.2, 0.25) is 0 Å². The smallest absolute Gasteiger partial charge is 0.176 e. The molecule has 1 unspecified atom stereocenters. The Kier molecular flexibility index (Phi) is 7.49. The molecular formula is C14H27NO2. The molecule has 0 saturated heterocycles. The lowest BCUT2D eigenvalue weighted by atomic mass is 9.93. The molecule has 3 nitrogen and oxygen atoms in total. The summed E-state index contributed by atoms with van der Waals surface area (Å²) in [6.07, 6.45) is 7.20. The summed E-state index contributed by atoms with van der Waals surface area (Å²) in [6.45, 7) is 8.50. The average Bonchev–Trinajstić information content (AvgIpc) is 2.37. The molecule has 1 aliphatic carbocycles. The van der Waals surface area contributed by atoms with Crippen LogP contribution in [0, 0.1) is 0 Å². The van der Waals surface area contributed by atoms with E-state index in [1.807, 2.05) is 13.8 Å². The van der Waals surface area contributed by atoms with Crippen molar-refractivity contribution in [2.75, 3.05) is 19.8 Å². The van der Waals surface area contributed by atoms with E-state index in [-0.39, 0.29) is 12.3 Å². The van der Waals surface area contributed by atoms with Gasteiger partial charge in [0.15, 0.2) is 6.29 Å². The maximum Gasteiger partial charge on any atom is 0.176 e. The number of allylic oxidation sites excluding steroid dienone is 1. The molecule has 0 aliphatic heterocycles. The van der Waals surface area contributed by atoms with Crippen molar-refractivity contribution in [2.24, 2.45) is 0 Å². The molecule has 17 heavy (non-hydrogen) atoms. The van der Waals surface area contributed by atoms with Gasteiger partial charge in [-0.05, 0) is 46.1 Å². The number of nitrogens with one attached hydrogen (secondary N) is 1. The van der Waals surface area contributed by atoms with E-state index in [4.69, 9.17) is 9.47 Å². The molecule has 0 aromatic rings. The minimum absolute atomic E-state index is 0.144. The molecule has 1 N–H and O–H groups in total. The lowest BCUT2D eigenvalue weighted by Crippen LogP contribution is -2.44. The summed E-state index contributed by atoms with van der Waals surface area (Å²) in [7, 11) is 0. The van der Waals surface area contributed by atoms with Crippen molar-refractivity contribution in [1.29, 1.82) is 0 Å². The quantitative estimate of drug-likeness (QED) is 0.523. The zero-order valence-electron chi connectivity index (χ0n) is 11.5. The molecule has 0 aromatic carbocycles. The number of hydrogen-bond acceptors (Lipinski definition) is 3. The number of ether oxygens (including phenoxy) is 2. The molecule has 0 bridgehead atoms. The molecular weight excluding hydrogens is 214 g/mol. The molecule has 0 fully saturated rings. The van der Waals surface area contributed by atoms with E-state index < -0.39 is 0 Å². The summed E-state index contributed by atoms with van der Waals surface area (Å²) < 4.78 is 11.4. The van der Waals surface area contributed by atoms with Gasteiger partial charge in [-0.25, -0.2) is 0 Å². The molecule has 0 saturated carbocycles. The summed E-state index contributed by atoms with van der Waals surface area (Å²) in [5.74, 6) is 0. The monoisotopic (exact) mass is 241 g/mol. The Balaban J connectivity index is 2.68. The van der Waals surface area contributed by atoms with Gasteiger partial charge in [-0.15, -0.1) is 0 Å². The lowest BCUT2D eigenvalue weighted by molar-refractivity contribution is -0.148. The Morgan fingerprint density at radius 3 is 2.35 bits per heavy atom. The maximum atomic E-state index is 5.72. The Morgan fingerprint density at radius 1 is 1.18 bits per heavy atom. The molecule has 0 aromatic heterocycles. The van der Waals surface area contributed by atoms with Gasteiger partial charge >= 0.3 is 0 Å². The van der Waals surface area contributed by atoms with Crippen molar-refractivity contribution in [3.05, 3.63) is 11.6 Å². The number of rotatable bonds is 8. The second-order valence-electron chi connectivity index (χ2n) is 4.34. The first-order chi connectivity index (χ1) is 8.33. The first-order valence-corrected chi connectivity index (χ1v) is 6.98. The molecule has 100 valence electrons. The largest absolute Gasteiger partial charge is 0.351 e. The van der Waals surface area contributed by atoms with E-state index in [0.717, 1.165) is 6.54 Å². The second kappa shape index (κ2) is 8.67. The molecule has 0 spiro atoms. The van der Waals surface area contributed by atoms with Gasteiger partial charge in [-0.1, -0.05) is 18.6 Å². The van der Waals surface area contributed by atoms with E-state index >= 15 is 0 Å². The van der Waals surface area contributed by atoms with E-state index in [1.54, 1.807) is 0 Å². The van der Waals surface area contributed by atoms with E-state index in [1.165, 1.54) is 31.3 Å². The highest BCUT2D eigenvalue weighted by Gasteiger charge is 2.25. The third kappa shape index (κ3) is 4.78. The molecule has 3 heteroatoms. The van der Waals surface area contributed by atoms with Crippen LogP contribution in [0.4, 0.5) is 0 Å². The number of likely N-dealkylation sites (N-methyl/N-ethyl adjacent to an activating group) is 1. The van der Waals surface area contributed by atoms with Crippen LogP contribution in [0.5, 0.6) is 0 Å². The summed E-state index contributed by atoms with van der Waals surface area (Å²) >= 11 is 0. The lowest BCUT2D eigenvalue weighted by Gasteiger charge is -2.31. The van der Waals surface area contributed by atoms with Crippen LogP contribution < -0.4 is 5.32 Å². The predicted octanol–water partition coefficient (Wildman–Crippen LogP) is 2.86. The maximum absolute atomic E-state index is 5.72. The zero-order valence-corrected chi connectivity index (χ0v) is 11.5. The first kappa shape index (κ1) is 14.7. The highest BCUT2D eigenvalue weighted by atomic mass is 16.7. The van der Waals surface area contributed by atoms with Gasteiger partial charge in [0, 0.05) is 13.2 Å². The van der Waals surface area contributed by atoms with Crippen LogP contribution in [-0.2, 0) is 9.47 Å². The van der Waals surface area contributed by atoms with Crippen molar-refractivity contribution in [3.63, 3.8) is 0 Å². The van der Waals surface area contributed by atoms with Crippen molar-refractivity contribution < 1.29 is 9.47 Å². The fourth-order valence-electron chi connectivity index (χ4n) is 2.34. The van der Waals surface area contributed by atoms with Crippen molar-refractivity contribution in [1.82, 2.24) is 5.32 Å². The van der Waals surface area contributed by atoms with Crippen molar-refractivity contribution in [2.45, 2.75) is 58.8 Å². The van der Waals surface area contributed by atoms with Crippen LogP contribution in [0.3, 0.4) is 0 Å². The minimum atomic E-state index is -0.144. The van der Waals surface area contributed by atoms with Gasteiger partial charge in [-0.2, -0.15) is 0 Å². The predicted molar refractivity (Wildman–Crippen MR) is 71.1 cm³/mol. The van der Waals surface area contributed by atoms with Crippen LogP contribution in [-0.4, -0.2) is 32.1 Å². The van der Waals surface area contributed by atoms with E-state index in [0.29, 0.717) is 13.2 Å². The normalized spacial score (nSPS) is 18.2. The SMILES string of the molecule is CCNC(C1=CCCCC1)C(OCC)OCC. The van der Waals surface area contributed by atoms with Crippen molar-refractivity contribution in [3.8, 4) is 0 Å². The van der Waals surface area contributed by atoms with Gasteiger partial charge < -0.3 is 14.8 Å². The third-order valence-electron chi connectivity index (χ3n) is 3.08. The summed E-state index contributed by atoms with van der Waals surface area (Å²) in [6, 6.07) is 0.222. The van der Waals surface area contributed by atoms with E-state index in [2.05, 4.69) is 18.3 Å². The Hall–Kier alpha value is -0.380. The first-order valence-electron chi connectivity index (χ1n) is 6.98. The summed E-state index contributed by atoms with van der Waals surface area (Å²) in [4.78, 5) is 0. The van der Waals surface area contributed by atoms with Crippen LogP contribution in [0.1, 0.15) is 46.5 Å². The van der Waals surface area contributed by atoms with Gasteiger partial charge in [-0.3, -0.25) is 0 Å². The highest BCUT2D eigenvalue weighted by molar-refractivity contribution is 5.14. The Morgan fingerprint density at radius 2 is 1.88 bits per heavy atom. The Labute approximate surface area is 106 Å². The van der Waals surface area contributed by atoms with Crippen LogP contribution in [0.15, 0.2) is 11.6 Å². The minimum Gasteiger partial charge on any atom is -0.351 e. The fourth-order valence-corrected chi connectivity index (χ4v) is 2.34. The van der Waals surface area contributed by atoms with Crippen LogP contribution in [0.2, 0.25) is 0 Å². The summed E-state index contributed by atoms with van der Waals surface area (Å²) in [5.41, 5.74) is 1.46. The van der Waals surface area contributed by atoms with E-state index in [9.17, 15) is 0 Å². The molecule has 1 atom stereocenters. The molecule has 0 radical (unpaired) electrons. The fraction of sp³-hybridized carbons (Fsp3) is 0.857. The molecule has 1 aliphatic rings. The van der Waals surface area contributed by atoms with Crippen LogP contribution in [0.25, 0.3) is 0 Å². The van der Waals surface area contributed by atoms with Gasteiger partial charge in [0.1, 0.15) is 0 Å². The molecule has 0 amide bonds. The Bertz CT molecular complexity index is 222. The number of hydrogen-bond donors (Lipinski definition) is 1. The average molecular weight is 241 g/mol. The highest BCUT2D eigenvalue weighted by Crippen LogP contribution is 2.23. The van der Waals surface area contributed by atoms with Crippen molar-refractivity contribution >= 4 is 0 Å². The zero-order chi connectivity index (χ0) is 12.5. The standard InChI is InChI=1S/C14H27NO2/c1-4-15-13(12-10-8-7-9-11-12)14(16-5-2)17-6-3/h10,13-15H,4-9,11H2,1-3H3. The van der Waals surface area contributed by atoms with Gasteiger partial charge in [0.05, 0.1) is 6.04 Å². The van der Waals surface area contributed by atoms with Gasteiger partial charge in [0.25, 0.3) is 0 Å².